The average Bonchev–Trinajstić information content (AvgIpc) is 2.51. The third-order valence-electron chi connectivity index (χ3n) is 3.67. The molecule has 0 heterocycles. The molecule has 2 aromatic carbocycles. The van der Waals surface area contributed by atoms with E-state index in [0.717, 1.165) is 22.1 Å². The van der Waals surface area contributed by atoms with Crippen molar-refractivity contribution in [3.63, 3.8) is 0 Å². The molecule has 4 heteroatoms. The maximum atomic E-state index is 12.1. The van der Waals surface area contributed by atoms with Crippen molar-refractivity contribution in [2.45, 2.75) is 6.42 Å². The van der Waals surface area contributed by atoms with Crippen molar-refractivity contribution in [2.24, 2.45) is 11.7 Å². The molecule has 1 unspecified atom stereocenters. The van der Waals surface area contributed by atoms with Crippen LogP contribution in [0.3, 0.4) is 0 Å². The largest absolute Gasteiger partial charge is 0.497 e. The Morgan fingerprint density at radius 1 is 1.19 bits per heavy atom. The summed E-state index contributed by atoms with van der Waals surface area (Å²) in [5.41, 5.74) is 6.87. The first-order valence-corrected chi connectivity index (χ1v) is 7.03. The molecule has 2 rings (SSSR count). The van der Waals surface area contributed by atoms with Crippen LogP contribution in [0.1, 0.15) is 5.56 Å². The monoisotopic (exact) mass is 286 g/mol. The molecule has 1 atom stereocenters. The molecule has 2 N–H and O–H groups in total. The molecule has 0 aliphatic carbocycles. The first kappa shape index (κ1) is 15.3. The van der Waals surface area contributed by atoms with E-state index in [9.17, 15) is 4.79 Å². The Kier molecular flexibility index (Phi) is 4.81. The highest BCUT2D eigenvalue weighted by Gasteiger charge is 2.19. The minimum atomic E-state index is -0.171. The zero-order valence-corrected chi connectivity index (χ0v) is 12.8. The van der Waals surface area contributed by atoms with Gasteiger partial charge in [-0.15, -0.1) is 0 Å². The number of carbonyl (C=O) groups excluding carboxylic acids is 1. The number of amides is 1. The number of carbonyl (C=O) groups is 1. The van der Waals surface area contributed by atoms with E-state index in [2.05, 4.69) is 12.1 Å². The van der Waals surface area contributed by atoms with Crippen molar-refractivity contribution in [1.82, 2.24) is 4.90 Å². The fourth-order valence-corrected chi connectivity index (χ4v) is 2.45. The van der Waals surface area contributed by atoms with Gasteiger partial charge in [0.2, 0.25) is 5.91 Å². The van der Waals surface area contributed by atoms with Gasteiger partial charge in [-0.05, 0) is 34.9 Å². The molecule has 0 saturated carbocycles. The quantitative estimate of drug-likeness (QED) is 0.915. The lowest BCUT2D eigenvalue weighted by Crippen LogP contribution is -2.35. The van der Waals surface area contributed by atoms with Crippen LogP contribution in [-0.2, 0) is 11.2 Å². The van der Waals surface area contributed by atoms with E-state index >= 15 is 0 Å². The van der Waals surface area contributed by atoms with Crippen LogP contribution in [0, 0.1) is 5.92 Å². The van der Waals surface area contributed by atoms with Crippen LogP contribution >= 0.6 is 0 Å². The van der Waals surface area contributed by atoms with E-state index < -0.39 is 0 Å². The molecule has 21 heavy (non-hydrogen) atoms. The third kappa shape index (κ3) is 3.52. The van der Waals surface area contributed by atoms with Crippen LogP contribution < -0.4 is 10.5 Å². The molecule has 0 aliphatic heterocycles. The van der Waals surface area contributed by atoms with E-state index in [1.54, 1.807) is 26.1 Å². The molecule has 0 saturated heterocycles. The second-order valence-electron chi connectivity index (χ2n) is 5.42. The highest BCUT2D eigenvalue weighted by atomic mass is 16.5. The SMILES string of the molecule is COc1ccc2cc(CC(CN)C(=O)N(C)C)ccc2c1. The van der Waals surface area contributed by atoms with Crippen LogP contribution in [0.5, 0.6) is 5.75 Å². The van der Waals surface area contributed by atoms with Gasteiger partial charge in [-0.1, -0.05) is 24.3 Å². The molecule has 0 aliphatic rings. The van der Waals surface area contributed by atoms with Gasteiger partial charge < -0.3 is 15.4 Å². The number of hydrogen-bond donors (Lipinski definition) is 1. The summed E-state index contributed by atoms with van der Waals surface area (Å²) in [6, 6.07) is 12.2. The van der Waals surface area contributed by atoms with Gasteiger partial charge in [0.05, 0.1) is 13.0 Å². The van der Waals surface area contributed by atoms with E-state index in [4.69, 9.17) is 10.5 Å². The van der Waals surface area contributed by atoms with Gasteiger partial charge in [-0.2, -0.15) is 0 Å². The van der Waals surface area contributed by atoms with Gasteiger partial charge in [0, 0.05) is 20.6 Å². The minimum absolute atomic E-state index is 0.0762. The highest BCUT2D eigenvalue weighted by molar-refractivity contribution is 5.85. The third-order valence-corrected chi connectivity index (χ3v) is 3.67. The standard InChI is InChI=1S/C17H22N2O2/c1-19(2)17(20)15(11-18)9-12-4-5-14-10-16(21-3)7-6-13(14)8-12/h4-8,10,15H,9,11,18H2,1-3H3. The number of nitrogens with zero attached hydrogens (tertiary/aromatic N) is 1. The average molecular weight is 286 g/mol. The summed E-state index contributed by atoms with van der Waals surface area (Å²) in [7, 11) is 5.18. The predicted octanol–water partition coefficient (Wildman–Crippen LogP) is 2.05. The summed E-state index contributed by atoms with van der Waals surface area (Å²) in [4.78, 5) is 13.7. The van der Waals surface area contributed by atoms with Crippen molar-refractivity contribution in [3.8, 4) is 5.75 Å². The molecule has 0 aromatic heterocycles. The van der Waals surface area contributed by atoms with Crippen LogP contribution in [-0.4, -0.2) is 38.6 Å². The fraction of sp³-hybridized carbons (Fsp3) is 0.353. The summed E-state index contributed by atoms with van der Waals surface area (Å²) < 4.78 is 5.23. The smallest absolute Gasteiger partial charge is 0.226 e. The number of nitrogens with two attached hydrogens (primary N) is 1. The normalized spacial score (nSPS) is 12.2. The number of fused-ring (bicyclic) bond motifs is 1. The second-order valence-corrected chi connectivity index (χ2v) is 5.42. The van der Waals surface area contributed by atoms with Crippen molar-refractivity contribution in [1.29, 1.82) is 0 Å². The summed E-state index contributed by atoms with van der Waals surface area (Å²) in [5.74, 6) is 0.751. The lowest BCUT2D eigenvalue weighted by Gasteiger charge is -2.19. The van der Waals surface area contributed by atoms with Gasteiger partial charge in [-0.3, -0.25) is 4.79 Å². The summed E-state index contributed by atoms with van der Waals surface area (Å²) in [6.45, 7) is 0.359. The molecule has 112 valence electrons. The first-order valence-electron chi connectivity index (χ1n) is 7.03. The second kappa shape index (κ2) is 6.59. The van der Waals surface area contributed by atoms with Gasteiger partial charge >= 0.3 is 0 Å². The van der Waals surface area contributed by atoms with Crippen molar-refractivity contribution < 1.29 is 9.53 Å². The van der Waals surface area contributed by atoms with Crippen LogP contribution in [0.4, 0.5) is 0 Å². The summed E-state index contributed by atoms with van der Waals surface area (Å²) >= 11 is 0. The molecule has 0 spiro atoms. The lowest BCUT2D eigenvalue weighted by molar-refractivity contribution is -0.132. The summed E-state index contributed by atoms with van der Waals surface area (Å²) in [6.07, 6.45) is 0.662. The Balaban J connectivity index is 2.24. The van der Waals surface area contributed by atoms with Gasteiger partial charge in [0.25, 0.3) is 0 Å². The van der Waals surface area contributed by atoms with Crippen LogP contribution in [0.2, 0.25) is 0 Å². The molecule has 1 amide bonds. The maximum absolute atomic E-state index is 12.1. The van der Waals surface area contributed by atoms with Crippen molar-refractivity contribution >= 4 is 16.7 Å². The topological polar surface area (TPSA) is 55.6 Å². The Morgan fingerprint density at radius 2 is 1.86 bits per heavy atom. The zero-order chi connectivity index (χ0) is 15.4. The van der Waals surface area contributed by atoms with Crippen molar-refractivity contribution in [2.75, 3.05) is 27.7 Å². The Bertz CT molecular complexity index is 638. The van der Waals surface area contributed by atoms with Crippen LogP contribution in [0.15, 0.2) is 36.4 Å². The first-order chi connectivity index (χ1) is 10.0. The van der Waals surface area contributed by atoms with Gasteiger partial charge in [0.15, 0.2) is 0 Å². The zero-order valence-electron chi connectivity index (χ0n) is 12.8. The Morgan fingerprint density at radius 3 is 2.48 bits per heavy atom. The molecular weight excluding hydrogens is 264 g/mol. The lowest BCUT2D eigenvalue weighted by atomic mass is 9.96. The number of rotatable bonds is 5. The molecular formula is C17H22N2O2. The minimum Gasteiger partial charge on any atom is -0.497 e. The molecule has 0 radical (unpaired) electrons. The van der Waals surface area contributed by atoms with Gasteiger partial charge in [-0.25, -0.2) is 0 Å². The Labute approximate surface area is 125 Å². The number of ether oxygens (including phenoxy) is 1. The molecule has 4 nitrogen and oxygen atoms in total. The van der Waals surface area contributed by atoms with Crippen molar-refractivity contribution in [3.05, 3.63) is 42.0 Å². The van der Waals surface area contributed by atoms with E-state index in [1.807, 2.05) is 24.3 Å². The van der Waals surface area contributed by atoms with E-state index in [0.29, 0.717) is 13.0 Å². The maximum Gasteiger partial charge on any atom is 0.226 e. The van der Waals surface area contributed by atoms with E-state index in [1.165, 1.54) is 0 Å². The highest BCUT2D eigenvalue weighted by Crippen LogP contribution is 2.23. The predicted molar refractivity (Wildman–Crippen MR) is 85.4 cm³/mol. The van der Waals surface area contributed by atoms with E-state index in [-0.39, 0.29) is 11.8 Å². The molecule has 0 fully saturated rings. The molecule has 2 aromatic rings. The molecule has 0 bridgehead atoms. The summed E-state index contributed by atoms with van der Waals surface area (Å²) in [5, 5.41) is 2.27. The van der Waals surface area contributed by atoms with Crippen LogP contribution in [0.25, 0.3) is 10.8 Å². The Hall–Kier alpha value is -2.07. The van der Waals surface area contributed by atoms with Gasteiger partial charge in [0.1, 0.15) is 5.75 Å². The fourth-order valence-electron chi connectivity index (χ4n) is 2.45. The number of hydrogen-bond acceptors (Lipinski definition) is 3. The number of methoxy groups -OCH3 is 1. The number of benzene rings is 2.